The topological polar surface area (TPSA) is 64.1 Å². The van der Waals surface area contributed by atoms with Crippen LogP contribution in [0.15, 0.2) is 42.5 Å². The minimum Gasteiger partial charge on any atom is -0.437 e. The van der Waals surface area contributed by atoms with Gasteiger partial charge in [0.1, 0.15) is 17.5 Å². The summed E-state index contributed by atoms with van der Waals surface area (Å²) < 4.78 is 20.7. The minimum atomic E-state index is -1.51. The number of carbonyl (C=O) groups is 1. The third kappa shape index (κ3) is 5.14. The van der Waals surface area contributed by atoms with Crippen LogP contribution in [-0.4, -0.2) is 22.6 Å². The molecule has 3 aromatic rings. The van der Waals surface area contributed by atoms with E-state index < -0.39 is 12.1 Å². The molecule has 1 aromatic heterocycles. The van der Waals surface area contributed by atoms with Gasteiger partial charge in [0.05, 0.1) is 12.2 Å². The van der Waals surface area contributed by atoms with Crippen LogP contribution in [0.2, 0.25) is 15.1 Å². The number of aryl methyl sites for hydroxylation is 1. The first kappa shape index (κ1) is 22.8. The van der Waals surface area contributed by atoms with E-state index in [0.29, 0.717) is 22.2 Å². The summed E-state index contributed by atoms with van der Waals surface area (Å²) in [5.74, 6) is 0.00101. The molecule has 9 heteroatoms. The Balaban J connectivity index is 1.59. The molecule has 0 saturated carbocycles. The lowest BCUT2D eigenvalue weighted by Crippen LogP contribution is -2.30. The Morgan fingerprint density at radius 3 is 2.62 bits per heavy atom. The van der Waals surface area contributed by atoms with Gasteiger partial charge in [-0.25, -0.2) is 4.39 Å². The maximum atomic E-state index is 14.8. The Morgan fingerprint density at radius 2 is 1.84 bits per heavy atom. The monoisotopic (exact) mass is 493 g/mol. The second-order valence-corrected chi connectivity index (χ2v) is 8.70. The SMILES string of the molecule is O=C(NCC(F)c1ccc(Cl)cc1Cl)c1c(Oc2cccc(Cl)c2)nnc2c1CCCC2. The Kier molecular flexibility index (Phi) is 7.13. The van der Waals surface area contributed by atoms with Crippen molar-refractivity contribution in [1.82, 2.24) is 15.5 Å². The highest BCUT2D eigenvalue weighted by atomic mass is 35.5. The summed E-state index contributed by atoms with van der Waals surface area (Å²) in [6.07, 6.45) is 1.78. The van der Waals surface area contributed by atoms with Crippen molar-refractivity contribution < 1.29 is 13.9 Å². The van der Waals surface area contributed by atoms with Gasteiger partial charge in [0.2, 0.25) is 0 Å². The van der Waals surface area contributed by atoms with Crippen molar-refractivity contribution in [3.05, 3.63) is 79.9 Å². The van der Waals surface area contributed by atoms with Crippen LogP contribution in [0.4, 0.5) is 4.39 Å². The van der Waals surface area contributed by atoms with Crippen molar-refractivity contribution in [2.45, 2.75) is 31.9 Å². The van der Waals surface area contributed by atoms with Gasteiger partial charge in [-0.3, -0.25) is 4.79 Å². The van der Waals surface area contributed by atoms with E-state index in [2.05, 4.69) is 15.5 Å². The molecule has 0 bridgehead atoms. The Labute approximate surface area is 199 Å². The summed E-state index contributed by atoms with van der Waals surface area (Å²) in [6.45, 7) is -0.270. The van der Waals surface area contributed by atoms with E-state index in [1.165, 1.54) is 12.1 Å². The van der Waals surface area contributed by atoms with Gasteiger partial charge in [-0.1, -0.05) is 46.9 Å². The predicted octanol–water partition coefficient (Wildman–Crippen LogP) is 6.55. The molecule has 0 radical (unpaired) electrons. The number of nitrogens with one attached hydrogen (secondary N) is 1. The first-order chi connectivity index (χ1) is 15.4. The highest BCUT2D eigenvalue weighted by Crippen LogP contribution is 2.32. The zero-order valence-electron chi connectivity index (χ0n) is 16.9. The van der Waals surface area contributed by atoms with Crippen molar-refractivity contribution in [1.29, 1.82) is 0 Å². The van der Waals surface area contributed by atoms with Gasteiger partial charge in [-0.15, -0.1) is 5.10 Å². The first-order valence-corrected chi connectivity index (χ1v) is 11.2. The van der Waals surface area contributed by atoms with Crippen molar-refractivity contribution in [3.8, 4) is 11.6 Å². The van der Waals surface area contributed by atoms with Gasteiger partial charge >= 0.3 is 0 Å². The number of nitrogens with zero attached hydrogens (tertiary/aromatic N) is 2. The largest absolute Gasteiger partial charge is 0.437 e. The molecule has 1 amide bonds. The fourth-order valence-corrected chi connectivity index (χ4v) is 4.34. The molecule has 2 aromatic carbocycles. The van der Waals surface area contributed by atoms with Gasteiger partial charge in [-0.05, 0) is 61.6 Å². The molecule has 1 unspecified atom stereocenters. The number of amides is 1. The van der Waals surface area contributed by atoms with E-state index in [4.69, 9.17) is 39.5 Å². The molecular weight excluding hydrogens is 476 g/mol. The maximum Gasteiger partial charge on any atom is 0.257 e. The normalized spacial score (nSPS) is 13.9. The summed E-state index contributed by atoms with van der Waals surface area (Å²) >= 11 is 18.0. The molecular formula is C23H19Cl3FN3O2. The summed E-state index contributed by atoms with van der Waals surface area (Å²) in [6, 6.07) is 11.3. The molecule has 1 atom stereocenters. The fourth-order valence-electron chi connectivity index (χ4n) is 3.64. The van der Waals surface area contributed by atoms with Crippen molar-refractivity contribution in [2.24, 2.45) is 0 Å². The lowest BCUT2D eigenvalue weighted by atomic mass is 9.92. The zero-order valence-corrected chi connectivity index (χ0v) is 19.1. The highest BCUT2D eigenvalue weighted by molar-refractivity contribution is 6.35. The third-order valence-corrected chi connectivity index (χ3v) is 5.99. The molecule has 0 aliphatic heterocycles. The maximum absolute atomic E-state index is 14.8. The van der Waals surface area contributed by atoms with Gasteiger partial charge in [0.15, 0.2) is 0 Å². The molecule has 1 heterocycles. The summed E-state index contributed by atoms with van der Waals surface area (Å²) in [7, 11) is 0. The molecule has 4 rings (SSSR count). The second-order valence-electron chi connectivity index (χ2n) is 7.42. The number of hydrogen-bond acceptors (Lipinski definition) is 4. The lowest BCUT2D eigenvalue weighted by molar-refractivity contribution is 0.0937. The highest BCUT2D eigenvalue weighted by Gasteiger charge is 2.26. The van der Waals surface area contributed by atoms with E-state index in [9.17, 15) is 9.18 Å². The van der Waals surface area contributed by atoms with Crippen LogP contribution in [0.1, 0.15) is 46.2 Å². The molecule has 32 heavy (non-hydrogen) atoms. The van der Waals surface area contributed by atoms with E-state index in [-0.39, 0.29) is 28.6 Å². The van der Waals surface area contributed by atoms with Crippen molar-refractivity contribution in [3.63, 3.8) is 0 Å². The Hall–Kier alpha value is -2.41. The number of carbonyl (C=O) groups excluding carboxylic acids is 1. The first-order valence-electron chi connectivity index (χ1n) is 10.1. The number of aromatic nitrogens is 2. The Bertz CT molecular complexity index is 1160. The molecule has 1 aliphatic rings. The van der Waals surface area contributed by atoms with Crippen molar-refractivity contribution in [2.75, 3.05) is 6.54 Å². The van der Waals surface area contributed by atoms with Gasteiger partial charge < -0.3 is 10.1 Å². The van der Waals surface area contributed by atoms with Crippen LogP contribution in [0, 0.1) is 0 Å². The number of fused-ring (bicyclic) bond motifs is 1. The van der Waals surface area contributed by atoms with Gasteiger partial charge in [0.25, 0.3) is 11.8 Å². The smallest absolute Gasteiger partial charge is 0.257 e. The lowest BCUT2D eigenvalue weighted by Gasteiger charge is -2.20. The third-order valence-electron chi connectivity index (χ3n) is 5.20. The van der Waals surface area contributed by atoms with Crippen LogP contribution in [0.25, 0.3) is 0 Å². The van der Waals surface area contributed by atoms with E-state index in [0.717, 1.165) is 30.5 Å². The van der Waals surface area contributed by atoms with Crippen LogP contribution >= 0.6 is 34.8 Å². The van der Waals surface area contributed by atoms with Crippen molar-refractivity contribution >= 4 is 40.7 Å². The average molecular weight is 495 g/mol. The molecule has 5 nitrogen and oxygen atoms in total. The predicted molar refractivity (Wildman–Crippen MR) is 123 cm³/mol. The Morgan fingerprint density at radius 1 is 1.06 bits per heavy atom. The molecule has 1 aliphatic carbocycles. The zero-order chi connectivity index (χ0) is 22.7. The fraction of sp³-hybridized carbons (Fsp3) is 0.261. The van der Waals surface area contributed by atoms with E-state index in [1.54, 1.807) is 30.3 Å². The molecule has 166 valence electrons. The van der Waals surface area contributed by atoms with Gasteiger partial charge in [0, 0.05) is 20.6 Å². The van der Waals surface area contributed by atoms with E-state index >= 15 is 0 Å². The molecule has 0 saturated heterocycles. The number of halogens is 4. The van der Waals surface area contributed by atoms with Crippen LogP contribution in [0.3, 0.4) is 0 Å². The number of rotatable bonds is 6. The van der Waals surface area contributed by atoms with Crippen LogP contribution in [0.5, 0.6) is 11.6 Å². The quantitative estimate of drug-likeness (QED) is 0.422. The summed E-state index contributed by atoms with van der Waals surface area (Å²) in [4.78, 5) is 13.2. The average Bonchev–Trinajstić information content (AvgIpc) is 2.77. The molecule has 0 fully saturated rings. The molecule has 1 N–H and O–H groups in total. The number of ether oxygens (including phenoxy) is 1. The summed E-state index contributed by atoms with van der Waals surface area (Å²) in [5.41, 5.74) is 2.06. The second kappa shape index (κ2) is 10.0. The van der Waals surface area contributed by atoms with Crippen LogP contribution < -0.4 is 10.1 Å². The van der Waals surface area contributed by atoms with Gasteiger partial charge in [-0.2, -0.15) is 5.10 Å². The standard InChI is InChI=1S/C23H19Cl3FN3O2/c24-13-4-3-5-15(10-13)32-23-21(17-6-1-2-7-20(17)29-30-23)22(31)28-12-19(27)16-9-8-14(25)11-18(16)26/h3-5,8-11,19H,1-2,6-7,12H2,(H,28,31). The van der Waals surface area contributed by atoms with E-state index in [1.807, 2.05) is 0 Å². The summed E-state index contributed by atoms with van der Waals surface area (Å²) in [5, 5.41) is 12.1. The number of benzene rings is 2. The molecule has 0 spiro atoms. The number of hydrogen-bond donors (Lipinski definition) is 1. The van der Waals surface area contributed by atoms with Crippen LogP contribution in [-0.2, 0) is 12.8 Å². The minimum absolute atomic E-state index is 0.0605. The number of alkyl halides is 1.